The standard InChI is InChI=1S/C18H18Cl2N4/c1-22-17(12-6-8-23-9-7-12)14-3-2-10-24(18(14)21)16-5-4-13(19)11-15(16)20/h4-9,11,21-22H,2-3,10H2,1H3/b17-14-,21-18?. The predicted molar refractivity (Wildman–Crippen MR) is 101 cm³/mol. The Hall–Kier alpha value is -2.04. The Morgan fingerprint density at radius 1 is 1.21 bits per heavy atom. The van der Waals surface area contributed by atoms with Gasteiger partial charge in [0.2, 0.25) is 0 Å². The van der Waals surface area contributed by atoms with Gasteiger partial charge in [0.15, 0.2) is 0 Å². The molecule has 2 heterocycles. The van der Waals surface area contributed by atoms with Gasteiger partial charge in [-0.3, -0.25) is 10.4 Å². The number of nitrogens with zero attached hydrogens (tertiary/aromatic N) is 2. The lowest BCUT2D eigenvalue weighted by atomic mass is 9.97. The molecule has 1 saturated heterocycles. The molecule has 24 heavy (non-hydrogen) atoms. The highest BCUT2D eigenvalue weighted by molar-refractivity contribution is 6.37. The van der Waals surface area contributed by atoms with Crippen molar-refractivity contribution in [1.29, 1.82) is 5.41 Å². The summed E-state index contributed by atoms with van der Waals surface area (Å²) in [4.78, 5) is 6.00. The van der Waals surface area contributed by atoms with E-state index >= 15 is 0 Å². The zero-order valence-electron chi connectivity index (χ0n) is 13.3. The van der Waals surface area contributed by atoms with Gasteiger partial charge in [-0.1, -0.05) is 23.2 Å². The van der Waals surface area contributed by atoms with Crippen LogP contribution >= 0.6 is 23.2 Å². The minimum absolute atomic E-state index is 0.464. The summed E-state index contributed by atoms with van der Waals surface area (Å²) in [7, 11) is 1.88. The number of benzene rings is 1. The summed E-state index contributed by atoms with van der Waals surface area (Å²) in [6.07, 6.45) is 5.31. The van der Waals surface area contributed by atoms with E-state index in [0.29, 0.717) is 15.9 Å². The van der Waals surface area contributed by atoms with E-state index in [-0.39, 0.29) is 0 Å². The van der Waals surface area contributed by atoms with Crippen molar-refractivity contribution >= 4 is 40.4 Å². The average molecular weight is 361 g/mol. The smallest absolute Gasteiger partial charge is 0.130 e. The Morgan fingerprint density at radius 2 is 1.96 bits per heavy atom. The van der Waals surface area contributed by atoms with E-state index in [1.807, 2.05) is 30.1 Å². The number of piperidine rings is 1. The van der Waals surface area contributed by atoms with Crippen LogP contribution in [0.25, 0.3) is 5.70 Å². The van der Waals surface area contributed by atoms with Gasteiger partial charge in [-0.05, 0) is 43.2 Å². The third-order valence-corrected chi connectivity index (χ3v) is 4.62. The molecule has 1 aliphatic rings. The molecule has 1 fully saturated rings. The highest BCUT2D eigenvalue weighted by Gasteiger charge is 2.25. The van der Waals surface area contributed by atoms with Gasteiger partial charge in [-0.25, -0.2) is 0 Å². The number of amidine groups is 1. The second kappa shape index (κ2) is 7.24. The predicted octanol–water partition coefficient (Wildman–Crippen LogP) is 4.60. The van der Waals surface area contributed by atoms with Crippen molar-refractivity contribution in [1.82, 2.24) is 10.3 Å². The molecule has 4 nitrogen and oxygen atoms in total. The average Bonchev–Trinajstić information content (AvgIpc) is 2.59. The summed E-state index contributed by atoms with van der Waals surface area (Å²) in [5, 5.41) is 13.1. The minimum Gasteiger partial charge on any atom is -0.387 e. The first-order valence-corrected chi connectivity index (χ1v) is 8.50. The Balaban J connectivity index is 2.02. The molecule has 0 saturated carbocycles. The molecule has 124 valence electrons. The second-order valence-corrected chi connectivity index (χ2v) is 6.38. The normalized spacial score (nSPS) is 17.0. The van der Waals surface area contributed by atoms with Crippen LogP contribution in [0.3, 0.4) is 0 Å². The van der Waals surface area contributed by atoms with E-state index in [1.165, 1.54) is 0 Å². The second-order valence-electron chi connectivity index (χ2n) is 5.54. The quantitative estimate of drug-likeness (QED) is 0.840. The van der Waals surface area contributed by atoms with Crippen molar-refractivity contribution in [2.24, 2.45) is 0 Å². The highest BCUT2D eigenvalue weighted by Crippen LogP contribution is 2.34. The number of hydrogen-bond donors (Lipinski definition) is 2. The van der Waals surface area contributed by atoms with E-state index in [1.54, 1.807) is 24.5 Å². The molecule has 0 aliphatic carbocycles. The first-order chi connectivity index (χ1) is 11.6. The van der Waals surface area contributed by atoms with Crippen LogP contribution in [0, 0.1) is 5.41 Å². The van der Waals surface area contributed by atoms with Gasteiger partial charge in [0, 0.05) is 47.8 Å². The topological polar surface area (TPSA) is 52.0 Å². The first kappa shape index (κ1) is 16.8. The largest absolute Gasteiger partial charge is 0.387 e. The van der Waals surface area contributed by atoms with Gasteiger partial charge in [-0.2, -0.15) is 0 Å². The number of anilines is 1. The molecule has 3 rings (SSSR count). The zero-order chi connectivity index (χ0) is 17.1. The Labute approximate surface area is 151 Å². The molecule has 0 unspecified atom stereocenters. The molecule has 0 bridgehead atoms. The molecule has 0 atom stereocenters. The molecule has 0 amide bonds. The fourth-order valence-corrected chi connectivity index (χ4v) is 3.49. The van der Waals surface area contributed by atoms with Gasteiger partial charge < -0.3 is 10.2 Å². The number of hydrogen-bond acceptors (Lipinski definition) is 3. The summed E-state index contributed by atoms with van der Waals surface area (Å²) in [5.74, 6) is 0.464. The van der Waals surface area contributed by atoms with Crippen LogP contribution in [0.4, 0.5) is 5.69 Å². The summed E-state index contributed by atoms with van der Waals surface area (Å²) < 4.78 is 0. The Morgan fingerprint density at radius 3 is 2.62 bits per heavy atom. The molecule has 1 aromatic heterocycles. The number of pyridine rings is 1. The molecule has 2 aromatic rings. The van der Waals surface area contributed by atoms with Crippen molar-refractivity contribution in [3.8, 4) is 0 Å². The number of rotatable bonds is 3. The van der Waals surface area contributed by atoms with Gasteiger partial charge in [-0.15, -0.1) is 0 Å². The van der Waals surface area contributed by atoms with Crippen LogP contribution < -0.4 is 10.2 Å². The van der Waals surface area contributed by atoms with Crippen LogP contribution in [0.1, 0.15) is 18.4 Å². The Kier molecular flexibility index (Phi) is 5.07. The van der Waals surface area contributed by atoms with Gasteiger partial charge >= 0.3 is 0 Å². The summed E-state index contributed by atoms with van der Waals surface area (Å²) in [5.41, 5.74) is 3.77. The number of aromatic nitrogens is 1. The maximum atomic E-state index is 8.69. The van der Waals surface area contributed by atoms with E-state index < -0.39 is 0 Å². The van der Waals surface area contributed by atoms with E-state index in [2.05, 4.69) is 10.3 Å². The van der Waals surface area contributed by atoms with Gasteiger partial charge in [0.1, 0.15) is 5.84 Å². The van der Waals surface area contributed by atoms with Crippen LogP contribution in [0.2, 0.25) is 10.0 Å². The fraction of sp³-hybridized carbons (Fsp3) is 0.222. The summed E-state index contributed by atoms with van der Waals surface area (Å²) >= 11 is 12.3. The van der Waals surface area contributed by atoms with Crippen molar-refractivity contribution in [2.75, 3.05) is 18.5 Å². The maximum absolute atomic E-state index is 8.69. The van der Waals surface area contributed by atoms with Crippen molar-refractivity contribution < 1.29 is 0 Å². The molecular formula is C18H18Cl2N4. The van der Waals surface area contributed by atoms with Crippen LogP contribution in [0.5, 0.6) is 0 Å². The third-order valence-electron chi connectivity index (χ3n) is 4.09. The molecule has 6 heteroatoms. The Bertz CT molecular complexity index is 787. The lowest BCUT2D eigenvalue weighted by molar-refractivity contribution is 0.781. The van der Waals surface area contributed by atoms with E-state index in [0.717, 1.165) is 41.9 Å². The maximum Gasteiger partial charge on any atom is 0.130 e. The monoisotopic (exact) mass is 360 g/mol. The fourth-order valence-electron chi connectivity index (χ4n) is 2.98. The third kappa shape index (κ3) is 3.25. The van der Waals surface area contributed by atoms with Gasteiger partial charge in [0.25, 0.3) is 0 Å². The van der Waals surface area contributed by atoms with E-state index in [9.17, 15) is 0 Å². The van der Waals surface area contributed by atoms with Crippen LogP contribution in [-0.4, -0.2) is 24.4 Å². The number of nitrogens with one attached hydrogen (secondary N) is 2. The number of halogens is 2. The lowest BCUT2D eigenvalue weighted by Gasteiger charge is -2.33. The van der Waals surface area contributed by atoms with Crippen LogP contribution in [-0.2, 0) is 0 Å². The molecule has 1 aromatic carbocycles. The lowest BCUT2D eigenvalue weighted by Crippen LogP contribution is -2.38. The molecule has 2 N–H and O–H groups in total. The zero-order valence-corrected chi connectivity index (χ0v) is 14.8. The minimum atomic E-state index is 0.464. The van der Waals surface area contributed by atoms with E-state index in [4.69, 9.17) is 28.6 Å². The van der Waals surface area contributed by atoms with Gasteiger partial charge in [0.05, 0.1) is 10.7 Å². The van der Waals surface area contributed by atoms with Crippen molar-refractivity contribution in [3.05, 3.63) is 63.9 Å². The molecule has 0 radical (unpaired) electrons. The van der Waals surface area contributed by atoms with Crippen molar-refractivity contribution in [3.63, 3.8) is 0 Å². The van der Waals surface area contributed by atoms with Crippen molar-refractivity contribution in [2.45, 2.75) is 12.8 Å². The SMILES string of the molecule is CN/C(=C1/CCCN(c2ccc(Cl)cc2Cl)C1=N)c1ccncc1. The molecule has 1 aliphatic heterocycles. The van der Waals surface area contributed by atoms with Crippen LogP contribution in [0.15, 0.2) is 48.3 Å². The first-order valence-electron chi connectivity index (χ1n) is 7.74. The summed E-state index contributed by atoms with van der Waals surface area (Å²) in [6.45, 7) is 0.761. The molecular weight excluding hydrogens is 343 g/mol. The molecule has 0 spiro atoms. The summed E-state index contributed by atoms with van der Waals surface area (Å²) in [6, 6.07) is 9.27. The highest BCUT2D eigenvalue weighted by atomic mass is 35.5.